The van der Waals surface area contributed by atoms with E-state index in [4.69, 9.17) is 4.74 Å². The topological polar surface area (TPSA) is 44.7 Å². The maximum atomic E-state index is 10.6. The Morgan fingerprint density at radius 1 is 1.20 bits per heavy atom. The lowest BCUT2D eigenvalue weighted by atomic mass is 9.93. The fourth-order valence-electron chi connectivity index (χ4n) is 2.18. The Kier molecular flexibility index (Phi) is 6.99. The minimum atomic E-state index is -0.511. The van der Waals surface area contributed by atoms with Crippen LogP contribution in [0.1, 0.15) is 25.5 Å². The summed E-state index contributed by atoms with van der Waals surface area (Å²) in [6.45, 7) is 6.07. The summed E-state index contributed by atoms with van der Waals surface area (Å²) in [6, 6.07) is 7.66. The van der Waals surface area contributed by atoms with Gasteiger partial charge in [0, 0.05) is 19.1 Å². The van der Waals surface area contributed by atoms with Crippen molar-refractivity contribution in [2.45, 2.75) is 26.0 Å². The average molecular weight is 280 g/mol. The highest BCUT2D eigenvalue weighted by Gasteiger charge is 2.23. The van der Waals surface area contributed by atoms with Crippen molar-refractivity contribution in [3.8, 4) is 5.75 Å². The van der Waals surface area contributed by atoms with Gasteiger partial charge in [0.1, 0.15) is 5.75 Å². The second kappa shape index (κ2) is 8.25. The van der Waals surface area contributed by atoms with Gasteiger partial charge in [0.2, 0.25) is 0 Å². The number of rotatable bonds is 8. The Balaban J connectivity index is 2.69. The largest absolute Gasteiger partial charge is 0.497 e. The third kappa shape index (κ3) is 5.12. The van der Waals surface area contributed by atoms with Crippen molar-refractivity contribution in [2.75, 3.05) is 34.3 Å². The predicted molar refractivity (Wildman–Crippen MR) is 83.1 cm³/mol. The third-order valence-corrected chi connectivity index (χ3v) is 3.45. The molecule has 2 N–H and O–H groups in total. The highest BCUT2D eigenvalue weighted by molar-refractivity contribution is 5.29. The Labute approximate surface area is 122 Å². The number of hydrogen-bond acceptors (Lipinski definition) is 4. The molecule has 0 fully saturated rings. The van der Waals surface area contributed by atoms with Gasteiger partial charge in [0.25, 0.3) is 0 Å². The van der Waals surface area contributed by atoms with Crippen LogP contribution in [0.4, 0.5) is 0 Å². The standard InChI is InChI=1S/C16H28N2O2/c1-12(2)15(17-10-11-18(3)4)16(19)13-6-8-14(20-5)9-7-13/h6-9,12,15-17,19H,10-11H2,1-5H3. The number of aliphatic hydroxyl groups is 1. The Hall–Kier alpha value is -1.10. The second-order valence-corrected chi connectivity index (χ2v) is 5.75. The van der Waals surface area contributed by atoms with Crippen LogP contribution >= 0.6 is 0 Å². The summed E-state index contributed by atoms with van der Waals surface area (Å²) < 4.78 is 5.15. The number of likely N-dealkylation sites (N-methyl/N-ethyl adjacent to an activating group) is 1. The first kappa shape index (κ1) is 17.0. The van der Waals surface area contributed by atoms with Crippen LogP contribution in [-0.4, -0.2) is 50.3 Å². The highest BCUT2D eigenvalue weighted by atomic mass is 16.5. The Morgan fingerprint density at radius 3 is 2.25 bits per heavy atom. The van der Waals surface area contributed by atoms with Crippen LogP contribution in [0.25, 0.3) is 0 Å². The molecule has 0 spiro atoms. The van der Waals surface area contributed by atoms with E-state index in [2.05, 4.69) is 24.1 Å². The molecule has 0 bridgehead atoms. The van der Waals surface area contributed by atoms with Gasteiger partial charge in [0.05, 0.1) is 13.2 Å². The van der Waals surface area contributed by atoms with Gasteiger partial charge in [-0.3, -0.25) is 0 Å². The van der Waals surface area contributed by atoms with Crippen LogP contribution in [0.3, 0.4) is 0 Å². The number of hydrogen-bond donors (Lipinski definition) is 2. The van der Waals surface area contributed by atoms with E-state index in [1.54, 1.807) is 7.11 Å². The zero-order chi connectivity index (χ0) is 15.1. The molecule has 0 aliphatic heterocycles. The van der Waals surface area contributed by atoms with Crippen LogP contribution in [0.15, 0.2) is 24.3 Å². The fraction of sp³-hybridized carbons (Fsp3) is 0.625. The molecule has 0 saturated carbocycles. The molecule has 2 unspecified atom stereocenters. The number of aliphatic hydroxyl groups excluding tert-OH is 1. The van der Waals surface area contributed by atoms with Gasteiger partial charge in [-0.2, -0.15) is 0 Å². The SMILES string of the molecule is COc1ccc(C(O)C(NCCN(C)C)C(C)C)cc1. The van der Waals surface area contributed by atoms with Crippen LogP contribution in [0.2, 0.25) is 0 Å². The first-order chi connectivity index (χ1) is 9.45. The second-order valence-electron chi connectivity index (χ2n) is 5.75. The smallest absolute Gasteiger partial charge is 0.118 e. The average Bonchev–Trinajstić information content (AvgIpc) is 2.42. The molecule has 0 radical (unpaired) electrons. The van der Waals surface area contributed by atoms with Crippen molar-refractivity contribution in [2.24, 2.45) is 5.92 Å². The summed E-state index contributed by atoms with van der Waals surface area (Å²) in [5.41, 5.74) is 0.918. The van der Waals surface area contributed by atoms with E-state index >= 15 is 0 Å². The number of nitrogens with one attached hydrogen (secondary N) is 1. The van der Waals surface area contributed by atoms with Crippen molar-refractivity contribution in [1.29, 1.82) is 0 Å². The summed E-state index contributed by atoms with van der Waals surface area (Å²) in [4.78, 5) is 2.13. The minimum absolute atomic E-state index is 0.0448. The van der Waals surface area contributed by atoms with Gasteiger partial charge in [-0.05, 0) is 37.7 Å². The van der Waals surface area contributed by atoms with Crippen molar-refractivity contribution in [3.05, 3.63) is 29.8 Å². The number of ether oxygens (including phenoxy) is 1. The lowest BCUT2D eigenvalue weighted by Crippen LogP contribution is -2.42. The summed E-state index contributed by atoms with van der Waals surface area (Å²) in [6.07, 6.45) is -0.511. The lowest BCUT2D eigenvalue weighted by molar-refractivity contribution is 0.104. The molecule has 0 saturated heterocycles. The monoisotopic (exact) mass is 280 g/mol. The summed E-state index contributed by atoms with van der Waals surface area (Å²) in [7, 11) is 5.74. The van der Waals surface area contributed by atoms with Gasteiger partial charge in [-0.1, -0.05) is 26.0 Å². The van der Waals surface area contributed by atoms with Gasteiger partial charge in [-0.15, -0.1) is 0 Å². The zero-order valence-electron chi connectivity index (χ0n) is 13.3. The van der Waals surface area contributed by atoms with E-state index in [9.17, 15) is 5.11 Å². The molecule has 0 aromatic heterocycles. The van der Waals surface area contributed by atoms with Crippen molar-refractivity contribution in [3.63, 3.8) is 0 Å². The van der Waals surface area contributed by atoms with Crippen molar-refractivity contribution >= 4 is 0 Å². The van der Waals surface area contributed by atoms with E-state index in [0.717, 1.165) is 24.4 Å². The van der Waals surface area contributed by atoms with E-state index in [-0.39, 0.29) is 6.04 Å². The first-order valence-electron chi connectivity index (χ1n) is 7.15. The third-order valence-electron chi connectivity index (χ3n) is 3.45. The molecule has 4 heteroatoms. The quantitative estimate of drug-likeness (QED) is 0.763. The van der Waals surface area contributed by atoms with Gasteiger partial charge >= 0.3 is 0 Å². The maximum absolute atomic E-state index is 10.6. The fourth-order valence-corrected chi connectivity index (χ4v) is 2.18. The molecule has 0 heterocycles. The summed E-state index contributed by atoms with van der Waals surface area (Å²) in [5, 5.41) is 14.0. The van der Waals surface area contributed by atoms with E-state index < -0.39 is 6.10 Å². The first-order valence-corrected chi connectivity index (χ1v) is 7.15. The van der Waals surface area contributed by atoms with Crippen molar-refractivity contribution in [1.82, 2.24) is 10.2 Å². The van der Waals surface area contributed by atoms with Crippen LogP contribution in [0.5, 0.6) is 5.75 Å². The summed E-state index contributed by atoms with van der Waals surface area (Å²) >= 11 is 0. The summed E-state index contributed by atoms with van der Waals surface area (Å²) in [5.74, 6) is 1.16. The highest BCUT2D eigenvalue weighted by Crippen LogP contribution is 2.23. The van der Waals surface area contributed by atoms with Gasteiger partial charge in [-0.25, -0.2) is 0 Å². The number of benzene rings is 1. The molecule has 0 amide bonds. The molecule has 1 aromatic carbocycles. The van der Waals surface area contributed by atoms with Crippen LogP contribution in [-0.2, 0) is 0 Å². The van der Waals surface area contributed by atoms with E-state index in [1.165, 1.54) is 0 Å². The normalized spacial score (nSPS) is 14.6. The minimum Gasteiger partial charge on any atom is -0.497 e. The molecule has 4 nitrogen and oxygen atoms in total. The molecule has 20 heavy (non-hydrogen) atoms. The molecule has 2 atom stereocenters. The van der Waals surface area contributed by atoms with Crippen LogP contribution in [0, 0.1) is 5.92 Å². The predicted octanol–water partition coefficient (Wildman–Crippen LogP) is 1.90. The maximum Gasteiger partial charge on any atom is 0.118 e. The number of methoxy groups -OCH3 is 1. The Bertz CT molecular complexity index is 377. The molecule has 0 aliphatic rings. The van der Waals surface area contributed by atoms with Gasteiger partial charge < -0.3 is 20.1 Å². The lowest BCUT2D eigenvalue weighted by Gasteiger charge is -2.28. The molecule has 1 aromatic rings. The number of nitrogens with zero attached hydrogens (tertiary/aromatic N) is 1. The Morgan fingerprint density at radius 2 is 1.80 bits per heavy atom. The van der Waals surface area contributed by atoms with E-state index in [1.807, 2.05) is 38.4 Å². The molecular weight excluding hydrogens is 252 g/mol. The zero-order valence-corrected chi connectivity index (χ0v) is 13.3. The molecular formula is C16H28N2O2. The van der Waals surface area contributed by atoms with E-state index in [0.29, 0.717) is 5.92 Å². The van der Waals surface area contributed by atoms with Crippen LogP contribution < -0.4 is 10.1 Å². The molecule has 0 aliphatic carbocycles. The molecule has 114 valence electrons. The molecule has 1 rings (SSSR count). The van der Waals surface area contributed by atoms with Gasteiger partial charge in [0.15, 0.2) is 0 Å². The van der Waals surface area contributed by atoms with Crippen molar-refractivity contribution < 1.29 is 9.84 Å².